The van der Waals surface area contributed by atoms with Gasteiger partial charge in [-0.1, -0.05) is 0 Å². The minimum atomic E-state index is -0.0342. The second-order valence-electron chi connectivity index (χ2n) is 5.36. The third kappa shape index (κ3) is 4.42. The molecule has 1 aromatic carbocycles. The number of carbonyl (C=O) groups excluding carboxylic acids is 1. The van der Waals surface area contributed by atoms with Gasteiger partial charge in [0.1, 0.15) is 5.75 Å². The van der Waals surface area contributed by atoms with Crippen molar-refractivity contribution in [2.24, 2.45) is 0 Å². The molecule has 0 radical (unpaired) electrons. The molecule has 1 aromatic rings. The molecule has 1 heterocycles. The van der Waals surface area contributed by atoms with Gasteiger partial charge >= 0.3 is 0 Å². The van der Waals surface area contributed by atoms with E-state index in [9.17, 15) is 4.79 Å². The monoisotopic (exact) mass is 344 g/mol. The van der Waals surface area contributed by atoms with Crippen LogP contribution in [-0.4, -0.2) is 70.3 Å². The number of nitrogens with zero attached hydrogens (tertiary/aromatic N) is 2. The Morgan fingerprint density at radius 1 is 0.913 bits per heavy atom. The molecule has 0 aromatic heterocycles. The fraction of sp³-hybridized carbons (Fsp3) is 0.562. The van der Waals surface area contributed by atoms with E-state index in [0.29, 0.717) is 29.4 Å². The average molecular weight is 345 g/mol. The summed E-state index contributed by atoms with van der Waals surface area (Å²) >= 11 is 0. The van der Waals surface area contributed by atoms with Crippen molar-refractivity contribution in [3.8, 4) is 17.2 Å². The number of ether oxygens (including phenoxy) is 3. The van der Waals surface area contributed by atoms with Crippen molar-refractivity contribution < 1.29 is 19.0 Å². The summed E-state index contributed by atoms with van der Waals surface area (Å²) in [5.74, 6) is 1.54. The zero-order valence-corrected chi connectivity index (χ0v) is 14.9. The van der Waals surface area contributed by atoms with Gasteiger partial charge in [0.05, 0.1) is 26.9 Å². The summed E-state index contributed by atoms with van der Waals surface area (Å²) in [6.45, 7) is 3.35. The fourth-order valence-corrected chi connectivity index (χ4v) is 2.62. The van der Waals surface area contributed by atoms with Crippen molar-refractivity contribution in [3.63, 3.8) is 0 Å². The van der Waals surface area contributed by atoms with Crippen molar-refractivity contribution in [3.05, 3.63) is 17.7 Å². The van der Waals surface area contributed by atoms with E-state index in [-0.39, 0.29) is 18.3 Å². The van der Waals surface area contributed by atoms with Gasteiger partial charge in [0.2, 0.25) is 0 Å². The van der Waals surface area contributed by atoms with Gasteiger partial charge in [-0.2, -0.15) is 0 Å². The molecule has 130 valence electrons. The lowest BCUT2D eigenvalue weighted by molar-refractivity contribution is 0.0759. The highest BCUT2D eigenvalue weighted by molar-refractivity contribution is 5.97. The first-order valence-electron chi connectivity index (χ1n) is 7.38. The highest BCUT2D eigenvalue weighted by atomic mass is 35.5. The molecule has 0 spiro atoms. The maximum absolute atomic E-state index is 12.8. The number of amides is 1. The number of likely N-dealkylation sites (N-methyl/N-ethyl adjacent to an activating group) is 1. The van der Waals surface area contributed by atoms with E-state index in [1.807, 2.05) is 4.90 Å². The van der Waals surface area contributed by atoms with Gasteiger partial charge in [-0.25, -0.2) is 0 Å². The lowest BCUT2D eigenvalue weighted by Crippen LogP contribution is -2.34. The number of rotatable bonds is 4. The van der Waals surface area contributed by atoms with Gasteiger partial charge in [0.15, 0.2) is 11.5 Å². The van der Waals surface area contributed by atoms with Gasteiger partial charge < -0.3 is 24.0 Å². The summed E-state index contributed by atoms with van der Waals surface area (Å²) < 4.78 is 15.9. The quantitative estimate of drug-likeness (QED) is 0.835. The van der Waals surface area contributed by atoms with Gasteiger partial charge in [-0.3, -0.25) is 4.79 Å². The second-order valence-corrected chi connectivity index (χ2v) is 5.36. The summed E-state index contributed by atoms with van der Waals surface area (Å²) in [7, 11) is 6.74. The summed E-state index contributed by atoms with van der Waals surface area (Å²) in [5, 5.41) is 0. The van der Waals surface area contributed by atoms with Crippen molar-refractivity contribution in [1.82, 2.24) is 9.80 Å². The number of hydrogen-bond acceptors (Lipinski definition) is 5. The molecule has 2 rings (SSSR count). The summed E-state index contributed by atoms with van der Waals surface area (Å²) in [4.78, 5) is 16.9. The van der Waals surface area contributed by atoms with Crippen LogP contribution in [0.25, 0.3) is 0 Å². The third-order valence-corrected chi connectivity index (χ3v) is 3.94. The first-order chi connectivity index (χ1) is 10.6. The summed E-state index contributed by atoms with van der Waals surface area (Å²) in [5.41, 5.74) is 0.504. The summed E-state index contributed by atoms with van der Waals surface area (Å²) in [6, 6.07) is 3.38. The number of methoxy groups -OCH3 is 3. The molecule has 0 N–H and O–H groups in total. The Kier molecular flexibility index (Phi) is 7.45. The Balaban J connectivity index is 0.00000264. The van der Waals surface area contributed by atoms with Crippen LogP contribution in [0.5, 0.6) is 17.2 Å². The van der Waals surface area contributed by atoms with E-state index in [1.54, 1.807) is 33.5 Å². The molecule has 1 fully saturated rings. The molecule has 0 atom stereocenters. The molecular formula is C16H25ClN2O4. The van der Waals surface area contributed by atoms with Crippen molar-refractivity contribution >= 4 is 18.3 Å². The zero-order chi connectivity index (χ0) is 16.1. The van der Waals surface area contributed by atoms with Crippen LogP contribution in [-0.2, 0) is 0 Å². The maximum atomic E-state index is 12.8. The molecular weight excluding hydrogens is 320 g/mol. The number of benzene rings is 1. The van der Waals surface area contributed by atoms with Crippen LogP contribution < -0.4 is 14.2 Å². The minimum absolute atomic E-state index is 0. The topological polar surface area (TPSA) is 51.2 Å². The lowest BCUT2D eigenvalue weighted by Gasteiger charge is -2.22. The van der Waals surface area contributed by atoms with Crippen molar-refractivity contribution in [2.45, 2.75) is 6.42 Å². The maximum Gasteiger partial charge on any atom is 0.257 e. The van der Waals surface area contributed by atoms with E-state index in [0.717, 1.165) is 26.1 Å². The molecule has 7 heteroatoms. The van der Waals surface area contributed by atoms with Crippen LogP contribution in [0.4, 0.5) is 0 Å². The number of hydrogen-bond donors (Lipinski definition) is 0. The SMILES string of the molecule is COc1cc(OC)c(C(=O)N2CCCN(C)CC2)cc1OC.Cl. The molecule has 0 saturated carbocycles. The molecule has 0 aliphatic carbocycles. The van der Waals surface area contributed by atoms with Crippen molar-refractivity contribution in [1.29, 1.82) is 0 Å². The Morgan fingerprint density at radius 3 is 2.13 bits per heavy atom. The smallest absolute Gasteiger partial charge is 0.257 e. The van der Waals surface area contributed by atoms with E-state index >= 15 is 0 Å². The molecule has 1 aliphatic heterocycles. The fourth-order valence-electron chi connectivity index (χ4n) is 2.62. The number of halogens is 1. The Labute approximate surface area is 143 Å². The largest absolute Gasteiger partial charge is 0.496 e. The second kappa shape index (κ2) is 8.84. The zero-order valence-electron chi connectivity index (χ0n) is 14.1. The Bertz CT molecular complexity index is 539. The standard InChI is InChI=1S/C16H24N2O4.ClH/c1-17-6-5-7-18(9-8-17)16(19)12-10-14(21-3)15(22-4)11-13(12)20-2;/h10-11H,5-9H2,1-4H3;1H. The van der Waals surface area contributed by atoms with Crippen LogP contribution in [0, 0.1) is 0 Å². The van der Waals surface area contributed by atoms with Crippen LogP contribution >= 0.6 is 12.4 Å². The van der Waals surface area contributed by atoms with Gasteiger partial charge in [0.25, 0.3) is 5.91 Å². The molecule has 1 amide bonds. The first kappa shape index (κ1) is 19.4. The highest BCUT2D eigenvalue weighted by Crippen LogP contribution is 2.35. The highest BCUT2D eigenvalue weighted by Gasteiger charge is 2.24. The molecule has 1 saturated heterocycles. The Morgan fingerprint density at radius 2 is 1.52 bits per heavy atom. The van der Waals surface area contributed by atoms with Crippen LogP contribution in [0.3, 0.4) is 0 Å². The van der Waals surface area contributed by atoms with Gasteiger partial charge in [-0.05, 0) is 20.0 Å². The van der Waals surface area contributed by atoms with Crippen LogP contribution in [0.1, 0.15) is 16.8 Å². The minimum Gasteiger partial charge on any atom is -0.496 e. The predicted molar refractivity (Wildman–Crippen MR) is 91.4 cm³/mol. The first-order valence-corrected chi connectivity index (χ1v) is 7.38. The molecule has 23 heavy (non-hydrogen) atoms. The predicted octanol–water partition coefficient (Wildman–Crippen LogP) is 1.91. The molecule has 1 aliphatic rings. The van der Waals surface area contributed by atoms with E-state index in [2.05, 4.69) is 11.9 Å². The lowest BCUT2D eigenvalue weighted by atomic mass is 10.1. The average Bonchev–Trinajstić information content (AvgIpc) is 2.77. The van der Waals surface area contributed by atoms with E-state index in [1.165, 1.54) is 0 Å². The van der Waals surface area contributed by atoms with Crippen LogP contribution in [0.15, 0.2) is 12.1 Å². The molecule has 0 bridgehead atoms. The van der Waals surface area contributed by atoms with Gasteiger partial charge in [0, 0.05) is 31.8 Å². The normalized spacial score (nSPS) is 15.4. The summed E-state index contributed by atoms with van der Waals surface area (Å²) in [6.07, 6.45) is 0.970. The van der Waals surface area contributed by atoms with Gasteiger partial charge in [-0.15, -0.1) is 12.4 Å². The molecule has 0 unspecified atom stereocenters. The van der Waals surface area contributed by atoms with E-state index < -0.39 is 0 Å². The van der Waals surface area contributed by atoms with E-state index in [4.69, 9.17) is 14.2 Å². The van der Waals surface area contributed by atoms with Crippen LogP contribution in [0.2, 0.25) is 0 Å². The number of carbonyl (C=O) groups is 1. The third-order valence-electron chi connectivity index (χ3n) is 3.94. The Hall–Kier alpha value is -1.66. The van der Waals surface area contributed by atoms with Crippen molar-refractivity contribution in [2.75, 3.05) is 54.6 Å². The molecule has 6 nitrogen and oxygen atoms in total.